The van der Waals surface area contributed by atoms with Crippen LogP contribution in [0.15, 0.2) is 65.6 Å². The molecule has 0 saturated carbocycles. The second-order valence-corrected chi connectivity index (χ2v) is 6.89. The molecule has 2 aromatic rings. The maximum Gasteiger partial charge on any atom is 0.240 e. The van der Waals surface area contributed by atoms with E-state index in [1.54, 1.807) is 23.1 Å². The molecule has 1 aliphatic heterocycles. The molecule has 1 heterocycles. The number of carbonyl (C=O) groups excluding carboxylic acids is 1. The molecule has 1 amide bonds. The summed E-state index contributed by atoms with van der Waals surface area (Å²) in [5.74, 6) is -0.0769. The number of benzene rings is 2. The molecule has 22 heavy (non-hydrogen) atoms. The third kappa shape index (κ3) is 3.03. The van der Waals surface area contributed by atoms with Crippen molar-refractivity contribution in [3.05, 3.63) is 60.7 Å². The Morgan fingerprint density at radius 1 is 0.955 bits per heavy atom. The number of para-hydroxylation sites is 1. The lowest BCUT2D eigenvalue weighted by atomic mass is 10.3. The summed E-state index contributed by atoms with van der Waals surface area (Å²) in [5.41, 5.74) is 0.786. The Morgan fingerprint density at radius 3 is 2.18 bits per heavy atom. The van der Waals surface area contributed by atoms with E-state index >= 15 is 0 Å². The lowest BCUT2D eigenvalue weighted by Crippen LogP contribution is -2.37. The molecule has 0 bridgehead atoms. The zero-order valence-corrected chi connectivity index (χ0v) is 12.7. The highest BCUT2D eigenvalue weighted by Crippen LogP contribution is 2.22. The van der Waals surface area contributed by atoms with Gasteiger partial charge in [-0.1, -0.05) is 36.4 Å². The summed E-state index contributed by atoms with van der Waals surface area (Å²) in [5, 5.41) is 0. The first-order valence-electron chi connectivity index (χ1n) is 6.99. The van der Waals surface area contributed by atoms with Gasteiger partial charge >= 0.3 is 0 Å². The molecule has 3 rings (SSSR count). The molecule has 5 nitrogen and oxygen atoms in total. The summed E-state index contributed by atoms with van der Waals surface area (Å²) in [6.45, 7) is 0.342. The van der Waals surface area contributed by atoms with E-state index in [1.807, 2.05) is 30.3 Å². The van der Waals surface area contributed by atoms with Crippen molar-refractivity contribution in [3.63, 3.8) is 0 Å². The van der Waals surface area contributed by atoms with Crippen LogP contribution >= 0.6 is 0 Å². The second kappa shape index (κ2) is 5.90. The van der Waals surface area contributed by atoms with Crippen LogP contribution in [0.2, 0.25) is 0 Å². The van der Waals surface area contributed by atoms with Gasteiger partial charge in [0.15, 0.2) is 0 Å². The van der Waals surface area contributed by atoms with Crippen LogP contribution in [-0.4, -0.2) is 26.9 Å². The van der Waals surface area contributed by atoms with Gasteiger partial charge in [-0.3, -0.25) is 4.79 Å². The number of hydrogen-bond donors (Lipinski definition) is 1. The van der Waals surface area contributed by atoms with E-state index in [1.165, 1.54) is 12.1 Å². The average molecular weight is 316 g/mol. The quantitative estimate of drug-likeness (QED) is 0.935. The van der Waals surface area contributed by atoms with E-state index in [-0.39, 0.29) is 17.2 Å². The summed E-state index contributed by atoms with van der Waals surface area (Å²) in [4.78, 5) is 13.9. The summed E-state index contributed by atoms with van der Waals surface area (Å²) in [7, 11) is -3.60. The van der Waals surface area contributed by atoms with Gasteiger partial charge in [0.25, 0.3) is 0 Å². The minimum atomic E-state index is -3.60. The lowest BCUT2D eigenvalue weighted by Gasteiger charge is -2.17. The molecule has 0 radical (unpaired) electrons. The van der Waals surface area contributed by atoms with Crippen molar-refractivity contribution in [1.29, 1.82) is 0 Å². The molecule has 1 atom stereocenters. The fraction of sp³-hybridized carbons (Fsp3) is 0.188. The predicted octanol–water partition coefficient (Wildman–Crippen LogP) is 1.77. The molecule has 0 aromatic heterocycles. The molecule has 1 fully saturated rings. The van der Waals surface area contributed by atoms with Gasteiger partial charge in [-0.2, -0.15) is 0 Å². The number of hydrogen-bond acceptors (Lipinski definition) is 3. The largest absolute Gasteiger partial charge is 0.311 e. The van der Waals surface area contributed by atoms with Crippen LogP contribution in [0, 0.1) is 0 Å². The van der Waals surface area contributed by atoms with Crippen LogP contribution in [0.25, 0.3) is 0 Å². The molecule has 1 N–H and O–H groups in total. The number of nitrogens with zero attached hydrogens (tertiary/aromatic N) is 1. The first-order valence-corrected chi connectivity index (χ1v) is 8.47. The van der Waals surface area contributed by atoms with E-state index < -0.39 is 16.1 Å². The average Bonchev–Trinajstić information content (AvgIpc) is 2.89. The van der Waals surface area contributed by atoms with Gasteiger partial charge in [0.05, 0.1) is 4.90 Å². The third-order valence-electron chi connectivity index (χ3n) is 3.57. The van der Waals surface area contributed by atoms with Crippen molar-refractivity contribution in [1.82, 2.24) is 4.72 Å². The number of sulfonamides is 1. The van der Waals surface area contributed by atoms with Crippen LogP contribution in [0.5, 0.6) is 0 Å². The minimum Gasteiger partial charge on any atom is -0.311 e. The molecule has 1 saturated heterocycles. The van der Waals surface area contributed by atoms with Crippen molar-refractivity contribution in [3.8, 4) is 0 Å². The normalized spacial score (nSPS) is 18.6. The fourth-order valence-electron chi connectivity index (χ4n) is 2.53. The van der Waals surface area contributed by atoms with Crippen molar-refractivity contribution in [2.45, 2.75) is 17.4 Å². The van der Waals surface area contributed by atoms with Gasteiger partial charge in [-0.05, 0) is 24.3 Å². The van der Waals surface area contributed by atoms with Crippen molar-refractivity contribution in [2.75, 3.05) is 11.4 Å². The molecule has 2 aromatic carbocycles. The number of rotatable bonds is 4. The van der Waals surface area contributed by atoms with Gasteiger partial charge in [0.1, 0.15) is 0 Å². The Kier molecular flexibility index (Phi) is 3.96. The lowest BCUT2D eigenvalue weighted by molar-refractivity contribution is -0.117. The van der Waals surface area contributed by atoms with Crippen LogP contribution in [0.1, 0.15) is 6.42 Å². The molecule has 0 unspecified atom stereocenters. The number of carbonyl (C=O) groups is 1. The molecule has 114 valence electrons. The molecule has 6 heteroatoms. The van der Waals surface area contributed by atoms with E-state index in [4.69, 9.17) is 0 Å². The number of amides is 1. The molecule has 0 spiro atoms. The zero-order valence-electron chi connectivity index (χ0n) is 11.8. The topological polar surface area (TPSA) is 66.5 Å². The van der Waals surface area contributed by atoms with Crippen LogP contribution in [0.3, 0.4) is 0 Å². The van der Waals surface area contributed by atoms with Crippen LogP contribution in [0.4, 0.5) is 5.69 Å². The SMILES string of the molecule is O=C1C[C@@H](NS(=O)(=O)c2ccccc2)CN1c1ccccc1. The monoisotopic (exact) mass is 316 g/mol. The van der Waals surface area contributed by atoms with E-state index in [0.29, 0.717) is 6.54 Å². The summed E-state index contributed by atoms with van der Waals surface area (Å²) in [6, 6.07) is 17.0. The first kappa shape index (κ1) is 14.7. The summed E-state index contributed by atoms with van der Waals surface area (Å²) in [6.07, 6.45) is 0.168. The van der Waals surface area contributed by atoms with Gasteiger partial charge in [-0.25, -0.2) is 13.1 Å². The molecule has 0 aliphatic carbocycles. The highest BCUT2D eigenvalue weighted by atomic mass is 32.2. The van der Waals surface area contributed by atoms with Crippen LogP contribution < -0.4 is 9.62 Å². The van der Waals surface area contributed by atoms with Gasteiger partial charge in [0, 0.05) is 24.7 Å². The van der Waals surface area contributed by atoms with Gasteiger partial charge < -0.3 is 4.90 Å². The third-order valence-corrected chi connectivity index (χ3v) is 5.10. The maximum atomic E-state index is 12.3. The Labute approximate surface area is 129 Å². The van der Waals surface area contributed by atoms with Crippen molar-refractivity contribution in [2.24, 2.45) is 0 Å². The van der Waals surface area contributed by atoms with Gasteiger partial charge in [-0.15, -0.1) is 0 Å². The first-order chi connectivity index (χ1) is 10.6. The molecular weight excluding hydrogens is 300 g/mol. The van der Waals surface area contributed by atoms with Crippen molar-refractivity contribution >= 4 is 21.6 Å². The summed E-state index contributed by atoms with van der Waals surface area (Å²) < 4.78 is 27.2. The highest BCUT2D eigenvalue weighted by Gasteiger charge is 2.33. The second-order valence-electron chi connectivity index (χ2n) is 5.18. The standard InChI is InChI=1S/C16H16N2O3S/c19-16-11-13(12-18(16)14-7-3-1-4-8-14)17-22(20,21)15-9-5-2-6-10-15/h1-10,13,17H,11-12H2/t13-/m1/s1. The van der Waals surface area contributed by atoms with E-state index in [9.17, 15) is 13.2 Å². The Hall–Kier alpha value is -2.18. The molecular formula is C16H16N2O3S. The number of nitrogens with one attached hydrogen (secondary N) is 1. The predicted molar refractivity (Wildman–Crippen MR) is 84.0 cm³/mol. The zero-order chi connectivity index (χ0) is 15.6. The Morgan fingerprint density at radius 2 is 1.55 bits per heavy atom. The van der Waals surface area contributed by atoms with Crippen LogP contribution in [-0.2, 0) is 14.8 Å². The smallest absolute Gasteiger partial charge is 0.240 e. The Bertz CT molecular complexity index is 760. The van der Waals surface area contributed by atoms with E-state index in [0.717, 1.165) is 5.69 Å². The number of anilines is 1. The summed E-state index contributed by atoms with van der Waals surface area (Å²) >= 11 is 0. The fourth-order valence-corrected chi connectivity index (χ4v) is 3.78. The Balaban J connectivity index is 1.74. The molecule has 1 aliphatic rings. The minimum absolute atomic E-state index is 0.0769. The maximum absolute atomic E-state index is 12.3. The van der Waals surface area contributed by atoms with Crippen molar-refractivity contribution < 1.29 is 13.2 Å². The van der Waals surface area contributed by atoms with E-state index in [2.05, 4.69) is 4.72 Å². The van der Waals surface area contributed by atoms with Gasteiger partial charge in [0.2, 0.25) is 15.9 Å². The highest BCUT2D eigenvalue weighted by molar-refractivity contribution is 7.89.